The van der Waals surface area contributed by atoms with Crippen LogP contribution in [-0.4, -0.2) is 30.1 Å². The Kier molecular flexibility index (Phi) is 9.25. The van der Waals surface area contributed by atoms with Gasteiger partial charge in [0.25, 0.3) is 11.8 Å². The lowest BCUT2D eigenvalue weighted by atomic mass is 10.3. The average Bonchev–Trinajstić information content (AvgIpc) is 2.65. The van der Waals surface area contributed by atoms with E-state index >= 15 is 0 Å². The second-order valence-corrected chi connectivity index (χ2v) is 7.85. The molecule has 2 aromatic carbocycles. The Morgan fingerprint density at radius 1 is 0.897 bits per heavy atom. The predicted octanol–water partition coefficient (Wildman–Crippen LogP) is 3.89. The summed E-state index contributed by atoms with van der Waals surface area (Å²) in [5, 5.41) is 3.28. The summed E-state index contributed by atoms with van der Waals surface area (Å²) in [5.74, 6) is -0.452. The van der Waals surface area contributed by atoms with Crippen LogP contribution in [0.5, 0.6) is 11.5 Å². The van der Waals surface area contributed by atoms with Gasteiger partial charge < -0.3 is 9.47 Å². The van der Waals surface area contributed by atoms with Crippen LogP contribution in [0, 0.1) is 0 Å². The van der Waals surface area contributed by atoms with Gasteiger partial charge in [-0.2, -0.15) is 0 Å². The minimum atomic E-state index is -0.550. The van der Waals surface area contributed by atoms with E-state index in [0.717, 1.165) is 4.47 Å². The molecule has 2 amide bonds. The van der Waals surface area contributed by atoms with Gasteiger partial charge in [0.2, 0.25) is 0 Å². The number of carbonyl (C=O) groups is 2. The molecular formula is C17H13BrCl3N3O4S. The third-order valence-electron chi connectivity index (χ3n) is 3.07. The van der Waals surface area contributed by atoms with Crippen LogP contribution in [0.25, 0.3) is 0 Å². The lowest BCUT2D eigenvalue weighted by Crippen LogP contribution is -2.50. The monoisotopic (exact) mass is 539 g/mol. The van der Waals surface area contributed by atoms with Crippen molar-refractivity contribution in [1.29, 1.82) is 0 Å². The van der Waals surface area contributed by atoms with E-state index < -0.39 is 11.8 Å². The van der Waals surface area contributed by atoms with Gasteiger partial charge in [-0.3, -0.25) is 25.8 Å². The first-order chi connectivity index (χ1) is 13.7. The SMILES string of the molecule is O=C(COc1ccc(Cl)cc1Cl)NNC(=S)NC(=O)COc1ccc(Br)cc1Cl. The zero-order valence-corrected chi connectivity index (χ0v) is 19.1. The maximum absolute atomic E-state index is 11.8. The van der Waals surface area contributed by atoms with Crippen LogP contribution in [0.1, 0.15) is 0 Å². The van der Waals surface area contributed by atoms with Gasteiger partial charge in [0.05, 0.1) is 10.0 Å². The Morgan fingerprint density at radius 2 is 1.48 bits per heavy atom. The highest BCUT2D eigenvalue weighted by Crippen LogP contribution is 2.28. The third kappa shape index (κ3) is 8.23. The van der Waals surface area contributed by atoms with Gasteiger partial charge in [-0.1, -0.05) is 50.7 Å². The van der Waals surface area contributed by atoms with Crippen molar-refractivity contribution in [1.82, 2.24) is 16.2 Å². The molecule has 0 bridgehead atoms. The van der Waals surface area contributed by atoms with E-state index in [-0.39, 0.29) is 23.3 Å². The van der Waals surface area contributed by atoms with Crippen molar-refractivity contribution in [2.24, 2.45) is 0 Å². The zero-order chi connectivity index (χ0) is 21.4. The number of rotatable bonds is 6. The fourth-order valence-corrected chi connectivity index (χ4v) is 3.18. The maximum atomic E-state index is 11.8. The van der Waals surface area contributed by atoms with Gasteiger partial charge in [-0.15, -0.1) is 0 Å². The largest absolute Gasteiger partial charge is 0.482 e. The van der Waals surface area contributed by atoms with E-state index in [1.54, 1.807) is 24.3 Å². The predicted molar refractivity (Wildman–Crippen MR) is 119 cm³/mol. The summed E-state index contributed by atoms with van der Waals surface area (Å²) >= 11 is 25.9. The average molecular weight is 542 g/mol. The normalized spacial score (nSPS) is 10.1. The molecule has 7 nitrogen and oxygen atoms in total. The number of thiocarbonyl (C=S) groups is 1. The number of halogens is 4. The number of hydrogen-bond acceptors (Lipinski definition) is 5. The van der Waals surface area contributed by atoms with Gasteiger partial charge in [-0.25, -0.2) is 0 Å². The molecule has 2 rings (SSSR count). The molecule has 0 aliphatic rings. The molecule has 12 heteroatoms. The van der Waals surface area contributed by atoms with Crippen molar-refractivity contribution in [2.45, 2.75) is 0 Å². The first-order valence-electron chi connectivity index (χ1n) is 7.79. The Morgan fingerprint density at radius 3 is 2.10 bits per heavy atom. The van der Waals surface area contributed by atoms with E-state index in [4.69, 9.17) is 56.5 Å². The number of ether oxygens (including phenoxy) is 2. The molecule has 0 fully saturated rings. The molecule has 0 saturated carbocycles. The second-order valence-electron chi connectivity index (χ2n) is 5.28. The summed E-state index contributed by atoms with van der Waals surface area (Å²) in [7, 11) is 0. The first kappa shape index (κ1) is 23.5. The molecular weight excluding hydrogens is 529 g/mol. The number of benzene rings is 2. The first-order valence-corrected chi connectivity index (χ1v) is 10.1. The zero-order valence-electron chi connectivity index (χ0n) is 14.4. The number of amides is 2. The Labute approximate surface area is 195 Å². The number of carbonyl (C=O) groups excluding carboxylic acids is 2. The van der Waals surface area contributed by atoms with Crippen molar-refractivity contribution >= 4 is 79.9 Å². The van der Waals surface area contributed by atoms with Crippen LogP contribution in [-0.2, 0) is 9.59 Å². The molecule has 154 valence electrons. The highest BCUT2D eigenvalue weighted by Gasteiger charge is 2.10. The van der Waals surface area contributed by atoms with Crippen molar-refractivity contribution in [2.75, 3.05) is 13.2 Å². The highest BCUT2D eigenvalue weighted by molar-refractivity contribution is 9.10. The lowest BCUT2D eigenvalue weighted by molar-refractivity contribution is -0.124. The van der Waals surface area contributed by atoms with Crippen molar-refractivity contribution in [3.63, 3.8) is 0 Å². The van der Waals surface area contributed by atoms with E-state index in [1.165, 1.54) is 12.1 Å². The molecule has 0 radical (unpaired) electrons. The van der Waals surface area contributed by atoms with Crippen LogP contribution in [0.4, 0.5) is 0 Å². The minimum absolute atomic E-state index is 0.127. The van der Waals surface area contributed by atoms with Gasteiger partial charge in [0.15, 0.2) is 18.3 Å². The summed E-state index contributed by atoms with van der Waals surface area (Å²) in [6, 6.07) is 9.57. The summed E-state index contributed by atoms with van der Waals surface area (Å²) < 4.78 is 11.4. The smallest absolute Gasteiger partial charge is 0.276 e. The Balaban J connectivity index is 1.68. The second kappa shape index (κ2) is 11.4. The van der Waals surface area contributed by atoms with Gasteiger partial charge in [0.1, 0.15) is 11.5 Å². The van der Waals surface area contributed by atoms with Gasteiger partial charge in [0, 0.05) is 9.50 Å². The Hall–Kier alpha value is -1.78. The minimum Gasteiger partial charge on any atom is -0.482 e. The molecule has 0 saturated heterocycles. The van der Waals surface area contributed by atoms with Crippen LogP contribution < -0.4 is 25.6 Å². The third-order valence-corrected chi connectivity index (χ3v) is 4.60. The lowest BCUT2D eigenvalue weighted by Gasteiger charge is -2.12. The molecule has 0 aliphatic carbocycles. The summed E-state index contributed by atoms with van der Waals surface area (Å²) in [6.07, 6.45) is 0. The molecule has 0 aliphatic heterocycles. The molecule has 29 heavy (non-hydrogen) atoms. The molecule has 0 unspecified atom stereocenters. The molecule has 0 aromatic heterocycles. The van der Waals surface area contributed by atoms with Crippen LogP contribution in [0.3, 0.4) is 0 Å². The fourth-order valence-electron chi connectivity index (χ4n) is 1.83. The topological polar surface area (TPSA) is 88.7 Å². The van der Waals surface area contributed by atoms with Crippen LogP contribution >= 0.6 is 63.0 Å². The number of hydrazine groups is 1. The Bertz CT molecular complexity index is 933. The molecule has 2 aromatic rings. The number of hydrogen-bond donors (Lipinski definition) is 3. The highest BCUT2D eigenvalue weighted by atomic mass is 79.9. The number of nitrogens with one attached hydrogen (secondary N) is 3. The van der Waals surface area contributed by atoms with Crippen molar-refractivity contribution in [3.8, 4) is 11.5 Å². The van der Waals surface area contributed by atoms with Gasteiger partial charge >= 0.3 is 0 Å². The molecule has 3 N–H and O–H groups in total. The molecule has 0 spiro atoms. The van der Waals surface area contributed by atoms with E-state index in [9.17, 15) is 9.59 Å². The molecule has 0 atom stereocenters. The van der Waals surface area contributed by atoms with E-state index in [0.29, 0.717) is 21.5 Å². The van der Waals surface area contributed by atoms with Crippen molar-refractivity contribution < 1.29 is 19.1 Å². The van der Waals surface area contributed by atoms with E-state index in [1.807, 2.05) is 0 Å². The quantitative estimate of drug-likeness (QED) is 0.380. The summed E-state index contributed by atoms with van der Waals surface area (Å²) in [4.78, 5) is 23.6. The van der Waals surface area contributed by atoms with E-state index in [2.05, 4.69) is 32.1 Å². The van der Waals surface area contributed by atoms with Crippen molar-refractivity contribution in [3.05, 3.63) is 55.9 Å². The maximum Gasteiger partial charge on any atom is 0.276 e. The van der Waals surface area contributed by atoms with Gasteiger partial charge in [-0.05, 0) is 48.6 Å². The van der Waals surface area contributed by atoms with Crippen LogP contribution in [0.15, 0.2) is 40.9 Å². The summed E-state index contributed by atoms with van der Waals surface area (Å²) in [5.41, 5.74) is 4.64. The molecule has 0 heterocycles. The standard InChI is InChI=1S/C17H13BrCl3N3O4S/c18-9-1-3-13(11(20)5-9)27-7-15(25)22-17(29)24-23-16(26)8-28-14-4-2-10(19)6-12(14)21/h1-6H,7-8H2,(H,23,26)(H2,22,24,25,29). The van der Waals surface area contributed by atoms with Crippen LogP contribution in [0.2, 0.25) is 15.1 Å². The fraction of sp³-hybridized carbons (Fsp3) is 0.118. The summed E-state index contributed by atoms with van der Waals surface area (Å²) in [6.45, 7) is -0.661.